The molecular weight excluding hydrogens is 330 g/mol. The summed E-state index contributed by atoms with van der Waals surface area (Å²) in [6.07, 6.45) is 2.58. The molecule has 1 aliphatic heterocycles. The van der Waals surface area contributed by atoms with Gasteiger partial charge in [0.1, 0.15) is 0 Å². The summed E-state index contributed by atoms with van der Waals surface area (Å²) >= 11 is 0. The van der Waals surface area contributed by atoms with Gasteiger partial charge >= 0.3 is 5.97 Å². The topological polar surface area (TPSA) is 103 Å². The fraction of sp³-hybridized carbons (Fsp3) is 0.375. The molecule has 0 atom stereocenters. The average molecular weight is 347 g/mol. The van der Waals surface area contributed by atoms with Crippen LogP contribution in [0.4, 0.5) is 0 Å². The number of carbonyl (C=O) groups is 1. The van der Waals surface area contributed by atoms with Gasteiger partial charge < -0.3 is 5.11 Å². The highest BCUT2D eigenvalue weighted by atomic mass is 32.2. The second-order valence-electron chi connectivity index (χ2n) is 6.63. The van der Waals surface area contributed by atoms with Crippen LogP contribution in [0.2, 0.25) is 0 Å². The minimum absolute atomic E-state index is 0.0492. The Kier molecular flexibility index (Phi) is 3.29. The van der Waals surface area contributed by atoms with Crippen LogP contribution >= 0.6 is 0 Å². The molecule has 1 aromatic heterocycles. The lowest BCUT2D eigenvalue weighted by atomic mass is 9.84. The van der Waals surface area contributed by atoms with E-state index in [-0.39, 0.29) is 16.1 Å². The summed E-state index contributed by atoms with van der Waals surface area (Å²) in [5, 5.41) is 14.6. The Balaban J connectivity index is 1.57. The number of aromatic nitrogens is 2. The van der Waals surface area contributed by atoms with Crippen LogP contribution in [-0.4, -0.2) is 47.1 Å². The zero-order chi connectivity index (χ0) is 16.9. The van der Waals surface area contributed by atoms with Crippen LogP contribution in [0.5, 0.6) is 0 Å². The number of hydrogen-bond acceptors (Lipinski definition) is 4. The van der Waals surface area contributed by atoms with Crippen LogP contribution in [0.15, 0.2) is 35.4 Å². The van der Waals surface area contributed by atoms with E-state index in [1.165, 1.54) is 15.4 Å². The third-order valence-electron chi connectivity index (χ3n) is 5.04. The van der Waals surface area contributed by atoms with Crippen molar-refractivity contribution in [1.82, 2.24) is 14.5 Å². The van der Waals surface area contributed by atoms with Gasteiger partial charge in [-0.25, -0.2) is 13.2 Å². The second-order valence-corrected chi connectivity index (χ2v) is 8.54. The smallest absolute Gasteiger partial charge is 0.356 e. The molecule has 0 saturated carbocycles. The molecule has 2 N–H and O–H groups in total. The Labute approximate surface area is 139 Å². The molecule has 1 fully saturated rings. The number of nitrogens with zero attached hydrogens (tertiary/aromatic N) is 2. The van der Waals surface area contributed by atoms with Crippen molar-refractivity contribution in [2.24, 2.45) is 5.41 Å². The fourth-order valence-corrected chi connectivity index (χ4v) is 5.32. The van der Waals surface area contributed by atoms with Gasteiger partial charge in [0.05, 0.1) is 0 Å². The van der Waals surface area contributed by atoms with Gasteiger partial charge in [-0.3, -0.25) is 5.10 Å². The van der Waals surface area contributed by atoms with E-state index in [4.69, 9.17) is 5.11 Å². The van der Waals surface area contributed by atoms with E-state index in [0.29, 0.717) is 13.1 Å². The average Bonchev–Trinajstić information content (AvgIpc) is 3.24. The number of aromatic carboxylic acids is 1. The molecule has 1 spiro atoms. The van der Waals surface area contributed by atoms with Crippen LogP contribution in [-0.2, 0) is 22.9 Å². The van der Waals surface area contributed by atoms with E-state index in [1.54, 1.807) is 0 Å². The van der Waals surface area contributed by atoms with Gasteiger partial charge in [0.15, 0.2) is 10.7 Å². The number of aromatic amines is 1. The highest BCUT2D eigenvalue weighted by molar-refractivity contribution is 7.89. The number of nitrogens with one attached hydrogen (secondary N) is 1. The Hall–Kier alpha value is -2.19. The van der Waals surface area contributed by atoms with Gasteiger partial charge in [-0.1, -0.05) is 24.3 Å². The van der Waals surface area contributed by atoms with Crippen molar-refractivity contribution in [3.63, 3.8) is 0 Å². The Morgan fingerprint density at radius 2 is 1.92 bits per heavy atom. The molecule has 2 heterocycles. The fourth-order valence-electron chi connectivity index (χ4n) is 3.85. The number of benzene rings is 1. The van der Waals surface area contributed by atoms with Crippen molar-refractivity contribution in [2.45, 2.75) is 24.3 Å². The number of rotatable bonds is 3. The number of sulfonamides is 1. The maximum absolute atomic E-state index is 12.7. The zero-order valence-corrected chi connectivity index (χ0v) is 13.7. The van der Waals surface area contributed by atoms with Crippen LogP contribution < -0.4 is 0 Å². The predicted molar refractivity (Wildman–Crippen MR) is 85.2 cm³/mol. The maximum atomic E-state index is 12.7. The van der Waals surface area contributed by atoms with Gasteiger partial charge in [-0.2, -0.15) is 9.40 Å². The maximum Gasteiger partial charge on any atom is 0.356 e. The summed E-state index contributed by atoms with van der Waals surface area (Å²) in [5.41, 5.74) is 2.25. The first-order valence-corrected chi connectivity index (χ1v) is 9.19. The van der Waals surface area contributed by atoms with Crippen molar-refractivity contribution in [3.05, 3.63) is 47.2 Å². The molecule has 2 aliphatic rings. The third-order valence-corrected chi connectivity index (χ3v) is 6.80. The highest BCUT2D eigenvalue weighted by Gasteiger charge is 2.46. The molecule has 2 aromatic rings. The Morgan fingerprint density at radius 1 is 1.25 bits per heavy atom. The largest absolute Gasteiger partial charge is 0.476 e. The van der Waals surface area contributed by atoms with E-state index >= 15 is 0 Å². The summed E-state index contributed by atoms with van der Waals surface area (Å²) in [4.78, 5) is 10.9. The molecule has 0 radical (unpaired) electrons. The monoisotopic (exact) mass is 347 g/mol. The molecule has 1 aliphatic carbocycles. The van der Waals surface area contributed by atoms with E-state index in [1.807, 2.05) is 12.1 Å². The molecule has 126 valence electrons. The van der Waals surface area contributed by atoms with Crippen molar-refractivity contribution >= 4 is 16.0 Å². The number of carboxylic acids is 1. The minimum atomic E-state index is -3.75. The van der Waals surface area contributed by atoms with Crippen molar-refractivity contribution in [1.29, 1.82) is 0 Å². The molecule has 1 aromatic carbocycles. The van der Waals surface area contributed by atoms with E-state index in [2.05, 4.69) is 22.3 Å². The SMILES string of the molecule is O=C(O)c1cc(S(=O)(=O)N2CCC3(Cc4ccccc4C3)C2)[nH]n1. The van der Waals surface area contributed by atoms with Crippen LogP contribution in [0, 0.1) is 5.41 Å². The summed E-state index contributed by atoms with van der Waals surface area (Å²) in [7, 11) is -3.75. The van der Waals surface area contributed by atoms with Gasteiger partial charge in [0, 0.05) is 19.2 Å². The van der Waals surface area contributed by atoms with E-state index < -0.39 is 16.0 Å². The van der Waals surface area contributed by atoms with Crippen LogP contribution in [0.25, 0.3) is 0 Å². The van der Waals surface area contributed by atoms with Crippen molar-refractivity contribution in [3.8, 4) is 0 Å². The first kappa shape index (κ1) is 15.3. The molecular formula is C16H17N3O4S. The predicted octanol–water partition coefficient (Wildman–Crippen LogP) is 1.29. The zero-order valence-electron chi connectivity index (χ0n) is 12.9. The summed E-state index contributed by atoms with van der Waals surface area (Å²) in [6, 6.07) is 9.31. The molecule has 0 amide bonds. The summed E-state index contributed by atoms with van der Waals surface area (Å²) in [6.45, 7) is 0.892. The standard InChI is InChI=1S/C16H17N3O4S/c20-15(21)13-7-14(18-17-13)24(22,23)19-6-5-16(10-19)8-11-3-1-2-4-12(11)9-16/h1-4,7H,5-6,8-10H2,(H,17,18)(H,20,21). The number of fused-ring (bicyclic) bond motifs is 1. The highest BCUT2D eigenvalue weighted by Crippen LogP contribution is 2.44. The Bertz CT molecular complexity index is 894. The lowest BCUT2D eigenvalue weighted by Gasteiger charge is -2.23. The first-order chi connectivity index (χ1) is 11.4. The van der Waals surface area contributed by atoms with Crippen LogP contribution in [0.1, 0.15) is 28.0 Å². The lowest BCUT2D eigenvalue weighted by molar-refractivity contribution is 0.0690. The van der Waals surface area contributed by atoms with Crippen molar-refractivity contribution in [2.75, 3.05) is 13.1 Å². The summed E-state index contributed by atoms with van der Waals surface area (Å²) < 4.78 is 26.9. The normalized spacial score (nSPS) is 19.7. The minimum Gasteiger partial charge on any atom is -0.476 e. The van der Waals surface area contributed by atoms with Crippen molar-refractivity contribution < 1.29 is 18.3 Å². The molecule has 1 saturated heterocycles. The molecule has 24 heavy (non-hydrogen) atoms. The molecule has 8 heteroatoms. The molecule has 7 nitrogen and oxygen atoms in total. The Morgan fingerprint density at radius 3 is 2.50 bits per heavy atom. The lowest BCUT2D eigenvalue weighted by Crippen LogP contribution is -2.32. The summed E-state index contributed by atoms with van der Waals surface area (Å²) in [5.74, 6) is -1.25. The van der Waals surface area contributed by atoms with E-state index in [0.717, 1.165) is 25.3 Å². The van der Waals surface area contributed by atoms with Gasteiger partial charge in [0.25, 0.3) is 10.0 Å². The van der Waals surface area contributed by atoms with E-state index in [9.17, 15) is 13.2 Å². The first-order valence-electron chi connectivity index (χ1n) is 7.75. The molecule has 0 bridgehead atoms. The van der Waals surface area contributed by atoms with Gasteiger partial charge in [0.2, 0.25) is 0 Å². The number of hydrogen-bond donors (Lipinski definition) is 2. The second kappa shape index (κ2) is 5.15. The quantitative estimate of drug-likeness (QED) is 0.871. The number of carboxylic acid groups (broad SMARTS) is 1. The molecule has 4 rings (SSSR count). The molecule has 0 unspecified atom stereocenters. The van der Waals surface area contributed by atoms with Gasteiger partial charge in [-0.15, -0.1) is 0 Å². The number of H-pyrrole nitrogens is 1. The van der Waals surface area contributed by atoms with Gasteiger partial charge in [-0.05, 0) is 35.8 Å². The third kappa shape index (κ3) is 2.33. The van der Waals surface area contributed by atoms with Crippen LogP contribution in [0.3, 0.4) is 0 Å².